The first-order valence-corrected chi connectivity index (χ1v) is 5.94. The molecule has 0 bridgehead atoms. The third kappa shape index (κ3) is 5.39. The molecule has 0 aliphatic carbocycles. The van der Waals surface area contributed by atoms with E-state index in [1.807, 2.05) is 24.3 Å². The van der Waals surface area contributed by atoms with E-state index in [2.05, 4.69) is 15.4 Å². The minimum atomic E-state index is -0.433. The molecule has 1 aromatic rings. The Morgan fingerprint density at radius 1 is 1.26 bits per heavy atom. The van der Waals surface area contributed by atoms with Crippen LogP contribution in [0.2, 0.25) is 0 Å². The summed E-state index contributed by atoms with van der Waals surface area (Å²) in [7, 11) is 2.93. The van der Waals surface area contributed by atoms with E-state index in [9.17, 15) is 4.79 Å². The fourth-order valence-corrected chi connectivity index (χ4v) is 1.57. The van der Waals surface area contributed by atoms with Crippen molar-refractivity contribution in [2.45, 2.75) is 6.92 Å². The molecule has 0 heterocycles. The monoisotopic (exact) mass is 280 g/mol. The highest BCUT2D eigenvalue weighted by atomic mass is 32.1. The minimum Gasteiger partial charge on any atom is -0.497 e. The molecule has 1 aromatic carbocycles. The first-order chi connectivity index (χ1) is 9.05. The number of hydrogen-bond acceptors (Lipinski definition) is 4. The Labute approximate surface area is 117 Å². The lowest BCUT2D eigenvalue weighted by Crippen LogP contribution is -2.27. The molecule has 0 aliphatic rings. The summed E-state index contributed by atoms with van der Waals surface area (Å²) in [6.45, 7) is 1.72. The molecule has 102 valence electrons. The van der Waals surface area contributed by atoms with Gasteiger partial charge in [0.05, 0.1) is 14.2 Å². The maximum Gasteiger partial charge on any atom is 0.332 e. The number of allylic oxidation sites excluding steroid dienone is 1. The molecule has 19 heavy (non-hydrogen) atoms. The number of anilines is 1. The van der Waals surface area contributed by atoms with Crippen LogP contribution in [0.1, 0.15) is 6.92 Å². The fourth-order valence-electron chi connectivity index (χ4n) is 1.29. The second kappa shape index (κ2) is 7.38. The van der Waals surface area contributed by atoms with E-state index in [-0.39, 0.29) is 0 Å². The molecule has 0 saturated carbocycles. The molecule has 0 fully saturated rings. The summed E-state index contributed by atoms with van der Waals surface area (Å²) in [6, 6.07) is 7.32. The van der Waals surface area contributed by atoms with Crippen LogP contribution in [0.3, 0.4) is 0 Å². The van der Waals surface area contributed by atoms with Crippen LogP contribution in [0.15, 0.2) is 36.0 Å². The number of thiocarbonyl (C=S) groups is 1. The predicted molar refractivity (Wildman–Crippen MR) is 78.1 cm³/mol. The van der Waals surface area contributed by atoms with E-state index in [1.54, 1.807) is 14.0 Å². The number of methoxy groups -OCH3 is 2. The Hall–Kier alpha value is -2.08. The van der Waals surface area contributed by atoms with Crippen molar-refractivity contribution in [3.05, 3.63) is 36.0 Å². The number of carbonyl (C=O) groups excluding carboxylic acids is 1. The van der Waals surface area contributed by atoms with Crippen LogP contribution in [0.5, 0.6) is 5.75 Å². The standard InChI is InChI=1S/C13H16N2O3S/c1-9(8-12(16)18-3)14-13(19)15-10-4-6-11(17-2)7-5-10/h4-8H,1-3H3,(H2,14,15,19)/b9-8+. The van der Waals surface area contributed by atoms with Gasteiger partial charge >= 0.3 is 5.97 Å². The van der Waals surface area contributed by atoms with Crippen molar-refractivity contribution in [2.75, 3.05) is 19.5 Å². The van der Waals surface area contributed by atoms with Gasteiger partial charge in [-0.2, -0.15) is 0 Å². The van der Waals surface area contributed by atoms with E-state index < -0.39 is 5.97 Å². The summed E-state index contributed by atoms with van der Waals surface area (Å²) in [5.41, 5.74) is 1.42. The highest BCUT2D eigenvalue weighted by Gasteiger charge is 2.01. The number of rotatable bonds is 4. The molecule has 0 aromatic heterocycles. The SMILES string of the molecule is COC(=O)/C=C(\C)NC(=S)Nc1ccc(OC)cc1. The van der Waals surface area contributed by atoms with Crippen LogP contribution in [0.25, 0.3) is 0 Å². The van der Waals surface area contributed by atoms with Crippen molar-refractivity contribution in [1.82, 2.24) is 5.32 Å². The molecule has 1 rings (SSSR count). The summed E-state index contributed by atoms with van der Waals surface area (Å²) < 4.78 is 9.57. The Bertz CT molecular complexity index is 483. The van der Waals surface area contributed by atoms with Gasteiger partial charge in [0.15, 0.2) is 5.11 Å². The Kier molecular flexibility index (Phi) is 5.81. The van der Waals surface area contributed by atoms with Crippen molar-refractivity contribution in [2.24, 2.45) is 0 Å². The zero-order valence-electron chi connectivity index (χ0n) is 11.0. The van der Waals surface area contributed by atoms with E-state index >= 15 is 0 Å². The minimum absolute atomic E-state index is 0.391. The number of esters is 1. The van der Waals surface area contributed by atoms with Crippen molar-refractivity contribution in [3.63, 3.8) is 0 Å². The molecule has 0 aliphatic heterocycles. The zero-order chi connectivity index (χ0) is 14.3. The first-order valence-electron chi connectivity index (χ1n) is 5.53. The van der Waals surface area contributed by atoms with Gasteiger partial charge in [0.2, 0.25) is 0 Å². The molecule has 0 atom stereocenters. The lowest BCUT2D eigenvalue weighted by molar-refractivity contribution is -0.134. The van der Waals surface area contributed by atoms with Gasteiger partial charge in [-0.1, -0.05) is 0 Å². The van der Waals surface area contributed by atoms with Crippen LogP contribution in [-0.2, 0) is 9.53 Å². The van der Waals surface area contributed by atoms with Crippen LogP contribution in [0, 0.1) is 0 Å². The largest absolute Gasteiger partial charge is 0.497 e. The highest BCUT2D eigenvalue weighted by Crippen LogP contribution is 2.14. The van der Waals surface area contributed by atoms with Crippen LogP contribution in [0.4, 0.5) is 5.69 Å². The molecule has 5 nitrogen and oxygen atoms in total. The molecule has 6 heteroatoms. The number of benzene rings is 1. The molecule has 0 amide bonds. The third-order valence-electron chi connectivity index (χ3n) is 2.19. The lowest BCUT2D eigenvalue weighted by Gasteiger charge is -2.11. The summed E-state index contributed by atoms with van der Waals surface area (Å²) in [5.74, 6) is 0.337. The molecular weight excluding hydrogens is 264 g/mol. The molecule has 2 N–H and O–H groups in total. The molecule has 0 radical (unpaired) electrons. The second-order valence-electron chi connectivity index (χ2n) is 3.66. The van der Waals surface area contributed by atoms with E-state index in [1.165, 1.54) is 13.2 Å². The summed E-state index contributed by atoms with van der Waals surface area (Å²) in [5, 5.41) is 6.25. The van der Waals surface area contributed by atoms with Crippen molar-refractivity contribution >= 4 is 29.0 Å². The van der Waals surface area contributed by atoms with Gasteiger partial charge in [-0.25, -0.2) is 4.79 Å². The van der Waals surface area contributed by atoms with Crippen LogP contribution < -0.4 is 15.4 Å². The Morgan fingerprint density at radius 3 is 2.42 bits per heavy atom. The molecule has 0 unspecified atom stereocenters. The maximum atomic E-state index is 11.0. The second-order valence-corrected chi connectivity index (χ2v) is 4.07. The predicted octanol–water partition coefficient (Wildman–Crippen LogP) is 2.06. The van der Waals surface area contributed by atoms with Gasteiger partial charge < -0.3 is 20.1 Å². The zero-order valence-corrected chi connectivity index (χ0v) is 11.8. The highest BCUT2D eigenvalue weighted by molar-refractivity contribution is 7.80. The van der Waals surface area contributed by atoms with Gasteiger partial charge in [0, 0.05) is 17.5 Å². The Balaban J connectivity index is 2.55. The number of nitrogens with one attached hydrogen (secondary N) is 2. The van der Waals surface area contributed by atoms with E-state index in [4.69, 9.17) is 17.0 Å². The summed E-state index contributed by atoms with van der Waals surface area (Å²) in [6.07, 6.45) is 1.32. The number of ether oxygens (including phenoxy) is 2. The summed E-state index contributed by atoms with van der Waals surface area (Å²) >= 11 is 5.12. The van der Waals surface area contributed by atoms with E-state index in [0.29, 0.717) is 10.8 Å². The van der Waals surface area contributed by atoms with Crippen molar-refractivity contribution < 1.29 is 14.3 Å². The van der Waals surface area contributed by atoms with Gasteiger partial charge in [0.1, 0.15) is 5.75 Å². The molecular formula is C13H16N2O3S. The van der Waals surface area contributed by atoms with Crippen molar-refractivity contribution in [1.29, 1.82) is 0 Å². The van der Waals surface area contributed by atoms with Gasteiger partial charge in [0.25, 0.3) is 0 Å². The molecule has 0 spiro atoms. The van der Waals surface area contributed by atoms with Gasteiger partial charge in [-0.15, -0.1) is 0 Å². The maximum absolute atomic E-state index is 11.0. The normalized spacial score (nSPS) is 10.6. The van der Waals surface area contributed by atoms with Crippen LogP contribution >= 0.6 is 12.2 Å². The first kappa shape index (κ1) is 15.0. The number of carbonyl (C=O) groups is 1. The van der Waals surface area contributed by atoms with Gasteiger partial charge in [-0.05, 0) is 43.4 Å². The fraction of sp³-hybridized carbons (Fsp3) is 0.231. The average molecular weight is 280 g/mol. The summed E-state index contributed by atoms with van der Waals surface area (Å²) in [4.78, 5) is 11.0. The third-order valence-corrected chi connectivity index (χ3v) is 2.40. The van der Waals surface area contributed by atoms with Gasteiger partial charge in [-0.3, -0.25) is 0 Å². The smallest absolute Gasteiger partial charge is 0.332 e. The topological polar surface area (TPSA) is 59.6 Å². The quantitative estimate of drug-likeness (QED) is 0.500. The lowest BCUT2D eigenvalue weighted by atomic mass is 10.3. The number of hydrogen-bond donors (Lipinski definition) is 2. The average Bonchev–Trinajstić information content (AvgIpc) is 2.39. The van der Waals surface area contributed by atoms with E-state index in [0.717, 1.165) is 11.4 Å². The Morgan fingerprint density at radius 2 is 1.89 bits per heavy atom. The van der Waals surface area contributed by atoms with Crippen molar-refractivity contribution in [3.8, 4) is 5.75 Å². The molecule has 0 saturated heterocycles. The van der Waals surface area contributed by atoms with Crippen LogP contribution in [-0.4, -0.2) is 25.3 Å².